The summed E-state index contributed by atoms with van der Waals surface area (Å²) >= 11 is 5.94. The maximum atomic E-state index is 12.9. The molecule has 1 N–H and O–H groups in total. The highest BCUT2D eigenvalue weighted by molar-refractivity contribution is 6.30. The third-order valence-corrected chi connectivity index (χ3v) is 5.73. The molecule has 2 saturated heterocycles. The summed E-state index contributed by atoms with van der Waals surface area (Å²) in [6.07, 6.45) is 0. The fraction of sp³-hybridized carbons (Fsp3) is 0.333. The predicted molar refractivity (Wildman–Crippen MR) is 112 cm³/mol. The molecule has 7 nitrogen and oxygen atoms in total. The van der Waals surface area contributed by atoms with E-state index in [9.17, 15) is 14.7 Å². The van der Waals surface area contributed by atoms with Gasteiger partial charge in [0.15, 0.2) is 0 Å². The van der Waals surface area contributed by atoms with Crippen LogP contribution in [0, 0.1) is 0 Å². The molecule has 2 aromatic rings. The van der Waals surface area contributed by atoms with E-state index >= 15 is 0 Å². The van der Waals surface area contributed by atoms with Gasteiger partial charge < -0.3 is 10.0 Å². The Balaban J connectivity index is 1.39. The Morgan fingerprint density at radius 1 is 0.931 bits per heavy atom. The first kappa shape index (κ1) is 19.5. The van der Waals surface area contributed by atoms with Gasteiger partial charge in [-0.15, -0.1) is 0 Å². The molecular weight excluding hydrogens is 392 g/mol. The molecule has 4 rings (SSSR count). The maximum absolute atomic E-state index is 12.9. The molecule has 3 amide bonds. The lowest BCUT2D eigenvalue weighted by Crippen LogP contribution is -2.51. The van der Waals surface area contributed by atoms with E-state index in [0.717, 1.165) is 31.9 Å². The van der Waals surface area contributed by atoms with E-state index in [1.807, 2.05) is 12.1 Å². The number of amides is 3. The number of hydrogen-bond acceptors (Lipinski definition) is 5. The van der Waals surface area contributed by atoms with Gasteiger partial charge in [0.1, 0.15) is 11.8 Å². The highest BCUT2D eigenvalue weighted by atomic mass is 35.5. The van der Waals surface area contributed by atoms with E-state index in [1.54, 1.807) is 43.3 Å². The number of piperazine rings is 1. The van der Waals surface area contributed by atoms with Crippen LogP contribution >= 0.6 is 11.6 Å². The molecule has 29 heavy (non-hydrogen) atoms. The first-order valence-electron chi connectivity index (χ1n) is 9.60. The fourth-order valence-electron chi connectivity index (χ4n) is 3.80. The fourth-order valence-corrected chi connectivity index (χ4v) is 3.93. The molecular formula is C21H23ClN4O3. The zero-order chi connectivity index (χ0) is 20.5. The molecule has 2 heterocycles. The number of rotatable bonds is 4. The standard InChI is InChI=1S/C21H23ClN4O3/c1-15-20(28)25(21(29)26(15)18-4-2-16(22)3-5-18)14-23-10-12-24(13-11-23)17-6-8-19(27)9-7-17/h2-9,15,27H,10-14H2,1H3/t15-/m0/s1. The van der Waals surface area contributed by atoms with Crippen LogP contribution in [-0.2, 0) is 4.79 Å². The number of nitrogens with zero attached hydrogens (tertiary/aromatic N) is 4. The van der Waals surface area contributed by atoms with Crippen LogP contribution in [-0.4, -0.2) is 65.7 Å². The van der Waals surface area contributed by atoms with Crippen molar-refractivity contribution in [3.8, 4) is 5.75 Å². The molecule has 0 aliphatic carbocycles. The Hall–Kier alpha value is -2.77. The molecule has 2 aromatic carbocycles. The van der Waals surface area contributed by atoms with E-state index in [-0.39, 0.29) is 24.4 Å². The van der Waals surface area contributed by atoms with Crippen LogP contribution < -0.4 is 9.80 Å². The predicted octanol–water partition coefficient (Wildman–Crippen LogP) is 2.98. The molecule has 0 bridgehead atoms. The number of carbonyl (C=O) groups excluding carboxylic acids is 2. The zero-order valence-corrected chi connectivity index (χ0v) is 16.9. The van der Waals surface area contributed by atoms with Crippen molar-refractivity contribution >= 4 is 34.9 Å². The molecule has 0 aromatic heterocycles. The number of urea groups is 1. The number of imide groups is 1. The van der Waals surface area contributed by atoms with E-state index in [0.29, 0.717) is 10.7 Å². The lowest BCUT2D eigenvalue weighted by Gasteiger charge is -2.37. The third kappa shape index (κ3) is 3.88. The summed E-state index contributed by atoms with van der Waals surface area (Å²) in [6.45, 7) is 5.10. The first-order chi connectivity index (χ1) is 13.9. The van der Waals surface area contributed by atoms with Gasteiger partial charge in [-0.2, -0.15) is 0 Å². The van der Waals surface area contributed by atoms with Gasteiger partial charge in [-0.3, -0.25) is 14.6 Å². The summed E-state index contributed by atoms with van der Waals surface area (Å²) in [7, 11) is 0. The molecule has 2 fully saturated rings. The molecule has 2 aliphatic rings. The lowest BCUT2D eigenvalue weighted by atomic mass is 10.2. The maximum Gasteiger partial charge on any atom is 0.333 e. The summed E-state index contributed by atoms with van der Waals surface area (Å²) < 4.78 is 0. The minimum absolute atomic E-state index is 0.189. The minimum Gasteiger partial charge on any atom is -0.508 e. The van der Waals surface area contributed by atoms with Gasteiger partial charge in [0, 0.05) is 42.6 Å². The smallest absolute Gasteiger partial charge is 0.333 e. The molecule has 152 valence electrons. The number of benzene rings is 2. The number of carbonyl (C=O) groups is 2. The highest BCUT2D eigenvalue weighted by Gasteiger charge is 2.44. The lowest BCUT2D eigenvalue weighted by molar-refractivity contribution is -0.128. The Kier molecular flexibility index (Phi) is 5.34. The number of anilines is 2. The SMILES string of the molecule is C[C@H]1C(=O)N(CN2CCN(c3ccc(O)cc3)CC2)C(=O)N1c1ccc(Cl)cc1. The van der Waals surface area contributed by atoms with Crippen LogP contribution in [0.5, 0.6) is 5.75 Å². The van der Waals surface area contributed by atoms with Crippen molar-refractivity contribution in [2.75, 3.05) is 42.6 Å². The zero-order valence-electron chi connectivity index (χ0n) is 16.2. The quantitative estimate of drug-likeness (QED) is 0.779. The summed E-state index contributed by atoms with van der Waals surface area (Å²) in [6, 6.07) is 13.2. The third-order valence-electron chi connectivity index (χ3n) is 5.48. The van der Waals surface area contributed by atoms with Gasteiger partial charge in [0.05, 0.1) is 6.67 Å². The number of aromatic hydroxyl groups is 1. The van der Waals surface area contributed by atoms with Crippen molar-refractivity contribution in [2.24, 2.45) is 0 Å². The van der Waals surface area contributed by atoms with Gasteiger partial charge in [0.2, 0.25) is 0 Å². The van der Waals surface area contributed by atoms with Crippen molar-refractivity contribution in [2.45, 2.75) is 13.0 Å². The van der Waals surface area contributed by atoms with E-state index in [2.05, 4.69) is 9.80 Å². The second kappa shape index (κ2) is 7.93. The minimum atomic E-state index is -0.540. The highest BCUT2D eigenvalue weighted by Crippen LogP contribution is 2.27. The number of phenols is 1. The second-order valence-electron chi connectivity index (χ2n) is 7.33. The van der Waals surface area contributed by atoms with Crippen molar-refractivity contribution in [3.63, 3.8) is 0 Å². The Labute approximate surface area is 174 Å². The number of phenolic OH excluding ortho intramolecular Hbond substituents is 1. The Bertz CT molecular complexity index is 895. The normalized spacial score (nSPS) is 20.6. The Morgan fingerprint density at radius 2 is 1.52 bits per heavy atom. The van der Waals surface area contributed by atoms with Gasteiger partial charge in [-0.25, -0.2) is 9.69 Å². The molecule has 0 radical (unpaired) electrons. The number of halogens is 1. The second-order valence-corrected chi connectivity index (χ2v) is 7.77. The van der Waals surface area contributed by atoms with Crippen LogP contribution in [0.3, 0.4) is 0 Å². The van der Waals surface area contributed by atoms with Crippen LogP contribution in [0.2, 0.25) is 5.02 Å². The average Bonchev–Trinajstić information content (AvgIpc) is 2.93. The molecule has 0 spiro atoms. The number of hydrogen-bond donors (Lipinski definition) is 1. The van der Waals surface area contributed by atoms with E-state index in [1.165, 1.54) is 9.80 Å². The van der Waals surface area contributed by atoms with Gasteiger partial charge in [-0.1, -0.05) is 11.6 Å². The van der Waals surface area contributed by atoms with Crippen molar-refractivity contribution in [3.05, 3.63) is 53.6 Å². The molecule has 2 aliphatic heterocycles. The van der Waals surface area contributed by atoms with Crippen LogP contribution in [0.1, 0.15) is 6.92 Å². The van der Waals surface area contributed by atoms with Gasteiger partial charge >= 0.3 is 6.03 Å². The summed E-state index contributed by atoms with van der Waals surface area (Å²) in [4.78, 5) is 32.9. The molecule has 0 unspecified atom stereocenters. The monoisotopic (exact) mass is 414 g/mol. The topological polar surface area (TPSA) is 67.3 Å². The van der Waals surface area contributed by atoms with E-state index in [4.69, 9.17) is 11.6 Å². The first-order valence-corrected chi connectivity index (χ1v) is 9.98. The van der Waals surface area contributed by atoms with Crippen LogP contribution in [0.4, 0.5) is 16.2 Å². The van der Waals surface area contributed by atoms with Gasteiger partial charge in [0.25, 0.3) is 5.91 Å². The van der Waals surface area contributed by atoms with Crippen molar-refractivity contribution < 1.29 is 14.7 Å². The van der Waals surface area contributed by atoms with Crippen molar-refractivity contribution in [1.82, 2.24) is 9.80 Å². The van der Waals surface area contributed by atoms with Crippen LogP contribution in [0.25, 0.3) is 0 Å². The summed E-state index contributed by atoms with van der Waals surface area (Å²) in [5.41, 5.74) is 1.72. The largest absolute Gasteiger partial charge is 0.508 e. The van der Waals surface area contributed by atoms with Crippen molar-refractivity contribution in [1.29, 1.82) is 0 Å². The molecule has 0 saturated carbocycles. The molecule has 1 atom stereocenters. The van der Waals surface area contributed by atoms with Gasteiger partial charge in [-0.05, 0) is 55.5 Å². The summed E-state index contributed by atoms with van der Waals surface area (Å²) in [5, 5.41) is 10.0. The van der Waals surface area contributed by atoms with Crippen LogP contribution in [0.15, 0.2) is 48.5 Å². The average molecular weight is 415 g/mol. The Morgan fingerprint density at radius 3 is 2.14 bits per heavy atom. The summed E-state index contributed by atoms with van der Waals surface area (Å²) in [5.74, 6) is 0.0590. The van der Waals surface area contributed by atoms with E-state index < -0.39 is 6.04 Å². The molecule has 8 heteroatoms.